The molecule has 2 N–H and O–H groups in total. The zero-order valence-corrected chi connectivity index (χ0v) is 15.3. The van der Waals surface area contributed by atoms with E-state index in [1.54, 1.807) is 12.1 Å². The Bertz CT molecular complexity index is 963. The van der Waals surface area contributed by atoms with Crippen molar-refractivity contribution in [2.75, 3.05) is 27.7 Å². The summed E-state index contributed by atoms with van der Waals surface area (Å²) < 4.78 is 51.1. The Labute approximate surface area is 155 Å². The van der Waals surface area contributed by atoms with Gasteiger partial charge in [-0.15, -0.1) is 0 Å². The van der Waals surface area contributed by atoms with Gasteiger partial charge in [0.2, 0.25) is 21.8 Å². The fourth-order valence-electron chi connectivity index (χ4n) is 2.21. The van der Waals surface area contributed by atoms with Crippen LogP contribution in [0.5, 0.6) is 0 Å². The van der Waals surface area contributed by atoms with Gasteiger partial charge < -0.3 is 10.6 Å². The van der Waals surface area contributed by atoms with Crippen LogP contribution in [0.15, 0.2) is 42.5 Å². The van der Waals surface area contributed by atoms with Gasteiger partial charge in [0.05, 0.1) is 11.9 Å². The van der Waals surface area contributed by atoms with E-state index in [1.807, 2.05) is 0 Å². The molecule has 0 heterocycles. The Kier molecular flexibility index (Phi) is 6.11. The van der Waals surface area contributed by atoms with Crippen molar-refractivity contribution in [3.63, 3.8) is 0 Å². The first kappa shape index (κ1) is 20.3. The van der Waals surface area contributed by atoms with Crippen molar-refractivity contribution < 1.29 is 26.8 Å². The van der Waals surface area contributed by atoms with E-state index in [2.05, 4.69) is 10.6 Å². The molecule has 2 rings (SSSR count). The first-order valence-electron chi connectivity index (χ1n) is 7.66. The molecule has 0 aromatic heterocycles. The smallest absolute Gasteiger partial charge is 0.245 e. The second kappa shape index (κ2) is 8.12. The van der Waals surface area contributed by atoms with E-state index in [1.165, 1.54) is 19.1 Å². The third kappa shape index (κ3) is 5.74. The number of anilines is 3. The van der Waals surface area contributed by atoms with Crippen LogP contribution in [0.25, 0.3) is 0 Å². The Hall–Kier alpha value is -3.01. The van der Waals surface area contributed by atoms with Crippen molar-refractivity contribution in [2.24, 2.45) is 0 Å². The first-order valence-corrected chi connectivity index (χ1v) is 9.51. The number of carbonyl (C=O) groups is 2. The molecule has 0 aliphatic heterocycles. The Morgan fingerprint density at radius 2 is 1.52 bits per heavy atom. The van der Waals surface area contributed by atoms with E-state index < -0.39 is 34.1 Å². The SMILES string of the molecule is CC(=O)Nc1ccc(NC(=O)CN(c2ccc(F)c(F)c2)S(C)(=O)=O)cc1. The summed E-state index contributed by atoms with van der Waals surface area (Å²) >= 11 is 0. The van der Waals surface area contributed by atoms with Crippen LogP contribution in [0.1, 0.15) is 6.92 Å². The Balaban J connectivity index is 2.14. The van der Waals surface area contributed by atoms with Gasteiger partial charge in [-0.1, -0.05) is 0 Å². The Morgan fingerprint density at radius 3 is 2.00 bits per heavy atom. The van der Waals surface area contributed by atoms with Crippen LogP contribution in [0.4, 0.5) is 25.8 Å². The second-order valence-electron chi connectivity index (χ2n) is 5.67. The average Bonchev–Trinajstić information content (AvgIpc) is 2.56. The number of carbonyl (C=O) groups excluding carboxylic acids is 2. The van der Waals surface area contributed by atoms with Gasteiger partial charge in [0.25, 0.3) is 0 Å². The van der Waals surface area contributed by atoms with Gasteiger partial charge in [-0.3, -0.25) is 13.9 Å². The zero-order chi connectivity index (χ0) is 20.2. The molecule has 0 spiro atoms. The van der Waals surface area contributed by atoms with Crippen LogP contribution in [-0.2, 0) is 19.6 Å². The van der Waals surface area contributed by atoms with Gasteiger partial charge in [0, 0.05) is 24.4 Å². The predicted octanol–water partition coefficient (Wildman–Crippen LogP) is 2.33. The molecule has 2 aromatic rings. The lowest BCUT2D eigenvalue weighted by Gasteiger charge is -2.22. The molecule has 0 atom stereocenters. The lowest BCUT2D eigenvalue weighted by molar-refractivity contribution is -0.115. The van der Waals surface area contributed by atoms with Crippen molar-refractivity contribution in [2.45, 2.75) is 6.92 Å². The summed E-state index contributed by atoms with van der Waals surface area (Å²) in [6.45, 7) is 0.727. The number of amides is 2. The molecule has 0 aliphatic rings. The average molecular weight is 397 g/mol. The van der Waals surface area contributed by atoms with E-state index >= 15 is 0 Å². The largest absolute Gasteiger partial charge is 0.326 e. The molecule has 2 amide bonds. The highest BCUT2D eigenvalue weighted by atomic mass is 32.2. The maximum Gasteiger partial charge on any atom is 0.245 e. The fourth-order valence-corrected chi connectivity index (χ4v) is 3.06. The van der Waals surface area contributed by atoms with Crippen molar-refractivity contribution in [3.05, 3.63) is 54.1 Å². The maximum atomic E-state index is 13.4. The van der Waals surface area contributed by atoms with Gasteiger partial charge in [-0.2, -0.15) is 0 Å². The lowest BCUT2D eigenvalue weighted by Crippen LogP contribution is -2.37. The molecular weight excluding hydrogens is 380 g/mol. The highest BCUT2D eigenvalue weighted by Gasteiger charge is 2.22. The van der Waals surface area contributed by atoms with Gasteiger partial charge in [0.15, 0.2) is 11.6 Å². The molecule has 0 aliphatic carbocycles. The third-order valence-electron chi connectivity index (χ3n) is 3.37. The normalized spacial score (nSPS) is 11.0. The highest BCUT2D eigenvalue weighted by molar-refractivity contribution is 7.92. The molecule has 27 heavy (non-hydrogen) atoms. The number of hydrogen-bond acceptors (Lipinski definition) is 4. The van der Waals surface area contributed by atoms with Gasteiger partial charge in [0.1, 0.15) is 6.54 Å². The van der Waals surface area contributed by atoms with Crippen molar-refractivity contribution in [1.29, 1.82) is 0 Å². The number of benzene rings is 2. The van der Waals surface area contributed by atoms with Gasteiger partial charge in [-0.05, 0) is 36.4 Å². The molecule has 0 unspecified atom stereocenters. The number of nitrogens with one attached hydrogen (secondary N) is 2. The summed E-state index contributed by atoms with van der Waals surface area (Å²) in [6, 6.07) is 8.70. The molecule has 0 saturated heterocycles. The second-order valence-corrected chi connectivity index (χ2v) is 7.58. The lowest BCUT2D eigenvalue weighted by atomic mass is 10.2. The van der Waals surface area contributed by atoms with E-state index in [4.69, 9.17) is 0 Å². The summed E-state index contributed by atoms with van der Waals surface area (Å²) in [5, 5.41) is 5.06. The van der Waals surface area contributed by atoms with Crippen molar-refractivity contribution >= 4 is 38.9 Å². The Morgan fingerprint density at radius 1 is 0.963 bits per heavy atom. The minimum atomic E-state index is -3.92. The third-order valence-corrected chi connectivity index (χ3v) is 4.51. The quantitative estimate of drug-likeness (QED) is 0.782. The van der Waals surface area contributed by atoms with Gasteiger partial charge in [-0.25, -0.2) is 17.2 Å². The number of sulfonamides is 1. The summed E-state index contributed by atoms with van der Waals surface area (Å²) in [6.07, 6.45) is 0.851. The molecule has 0 fully saturated rings. The molecule has 7 nitrogen and oxygen atoms in total. The number of rotatable bonds is 6. The van der Waals surface area contributed by atoms with Crippen LogP contribution in [-0.4, -0.2) is 33.0 Å². The molecular formula is C17H17F2N3O4S. The molecule has 0 radical (unpaired) electrons. The summed E-state index contributed by atoms with van der Waals surface area (Å²) in [5.74, 6) is -3.29. The number of nitrogens with zero attached hydrogens (tertiary/aromatic N) is 1. The first-order chi connectivity index (χ1) is 12.6. The minimum Gasteiger partial charge on any atom is -0.326 e. The van der Waals surface area contributed by atoms with E-state index in [9.17, 15) is 26.8 Å². The van der Waals surface area contributed by atoms with Crippen LogP contribution < -0.4 is 14.9 Å². The number of hydrogen-bond donors (Lipinski definition) is 2. The standard InChI is InChI=1S/C17H17F2N3O4S/c1-11(23)20-12-3-5-13(6-4-12)21-17(24)10-22(27(2,25)26)14-7-8-15(18)16(19)9-14/h3-9H,10H2,1-2H3,(H,20,23)(H,21,24). The zero-order valence-electron chi connectivity index (χ0n) is 14.5. The van der Waals surface area contributed by atoms with Gasteiger partial charge >= 0.3 is 0 Å². The fraction of sp³-hybridized carbons (Fsp3) is 0.176. The molecule has 144 valence electrons. The molecule has 0 saturated carbocycles. The van der Waals surface area contributed by atoms with E-state index in [0.717, 1.165) is 18.4 Å². The topological polar surface area (TPSA) is 95.6 Å². The minimum absolute atomic E-state index is 0.174. The van der Waals surface area contributed by atoms with Crippen LogP contribution in [0.2, 0.25) is 0 Å². The van der Waals surface area contributed by atoms with Crippen molar-refractivity contribution in [3.8, 4) is 0 Å². The monoisotopic (exact) mass is 397 g/mol. The van der Waals surface area contributed by atoms with Crippen LogP contribution in [0, 0.1) is 11.6 Å². The number of halogens is 2. The molecule has 2 aromatic carbocycles. The summed E-state index contributed by atoms with van der Waals surface area (Å²) in [5.41, 5.74) is 0.723. The van der Waals surface area contributed by atoms with Crippen LogP contribution in [0.3, 0.4) is 0 Å². The summed E-state index contributed by atoms with van der Waals surface area (Å²) in [4.78, 5) is 23.2. The van der Waals surface area contributed by atoms with Crippen LogP contribution >= 0.6 is 0 Å². The predicted molar refractivity (Wildman–Crippen MR) is 97.9 cm³/mol. The van der Waals surface area contributed by atoms with Crippen molar-refractivity contribution in [1.82, 2.24) is 0 Å². The van der Waals surface area contributed by atoms with E-state index in [0.29, 0.717) is 21.7 Å². The molecule has 0 bridgehead atoms. The highest BCUT2D eigenvalue weighted by Crippen LogP contribution is 2.21. The maximum absolute atomic E-state index is 13.4. The van der Waals surface area contributed by atoms with E-state index in [-0.39, 0.29) is 11.6 Å². The summed E-state index contributed by atoms with van der Waals surface area (Å²) in [7, 11) is -3.92. The molecule has 10 heteroatoms.